The maximum atomic E-state index is 12.0. The molecule has 0 aromatic rings. The Morgan fingerprint density at radius 2 is 1.53 bits per heavy atom. The van der Waals surface area contributed by atoms with Crippen LogP contribution in [0.1, 0.15) is 32.6 Å². The number of nitrogens with zero attached hydrogens (tertiary/aromatic N) is 3. The number of carbonyl (C=O) groups is 2. The van der Waals surface area contributed by atoms with Crippen LogP contribution in [0.4, 0.5) is 0 Å². The molecule has 0 aromatic heterocycles. The Kier molecular flexibility index (Phi) is 6.84. The van der Waals surface area contributed by atoms with E-state index in [1.807, 2.05) is 4.90 Å². The largest absolute Gasteiger partial charge is 0.339 e. The second-order valence-electron chi connectivity index (χ2n) is 5.50. The van der Waals surface area contributed by atoms with E-state index in [1.165, 1.54) is 0 Å². The SMILES string of the molecule is CC(=O)N1CCN(C(=O)CCCCCN(C)C)CC1. The average Bonchev–Trinajstić information content (AvgIpc) is 2.37. The summed E-state index contributed by atoms with van der Waals surface area (Å²) in [6, 6.07) is 0. The molecule has 0 aliphatic carbocycles. The van der Waals surface area contributed by atoms with Crippen molar-refractivity contribution < 1.29 is 9.59 Å². The van der Waals surface area contributed by atoms with Crippen molar-refractivity contribution >= 4 is 11.8 Å². The predicted octanol–water partition coefficient (Wildman–Crippen LogP) is 0.799. The smallest absolute Gasteiger partial charge is 0.222 e. The van der Waals surface area contributed by atoms with Crippen LogP contribution >= 0.6 is 0 Å². The van der Waals surface area contributed by atoms with Gasteiger partial charge in [0.05, 0.1) is 0 Å². The van der Waals surface area contributed by atoms with Crippen molar-refractivity contribution in [1.82, 2.24) is 14.7 Å². The van der Waals surface area contributed by atoms with Gasteiger partial charge in [-0.25, -0.2) is 0 Å². The molecular weight excluding hydrogens is 242 g/mol. The number of hydrogen-bond acceptors (Lipinski definition) is 3. The molecule has 0 radical (unpaired) electrons. The summed E-state index contributed by atoms with van der Waals surface area (Å²) in [4.78, 5) is 29.0. The van der Waals surface area contributed by atoms with Crippen molar-refractivity contribution in [1.29, 1.82) is 0 Å². The fraction of sp³-hybridized carbons (Fsp3) is 0.857. The monoisotopic (exact) mass is 269 g/mol. The number of carbonyl (C=O) groups excluding carboxylic acids is 2. The van der Waals surface area contributed by atoms with Crippen LogP contribution in [0.5, 0.6) is 0 Å². The summed E-state index contributed by atoms with van der Waals surface area (Å²) in [6.07, 6.45) is 3.88. The molecule has 1 rings (SSSR count). The molecule has 0 atom stereocenters. The first-order chi connectivity index (χ1) is 9.00. The molecule has 1 aliphatic heterocycles. The molecule has 0 aromatic carbocycles. The molecule has 110 valence electrons. The highest BCUT2D eigenvalue weighted by atomic mass is 16.2. The van der Waals surface area contributed by atoms with Crippen molar-refractivity contribution in [3.8, 4) is 0 Å². The van der Waals surface area contributed by atoms with Crippen LogP contribution in [0.2, 0.25) is 0 Å². The Bertz CT molecular complexity index is 297. The van der Waals surface area contributed by atoms with Gasteiger partial charge in [-0.1, -0.05) is 6.42 Å². The van der Waals surface area contributed by atoms with Gasteiger partial charge in [0.15, 0.2) is 0 Å². The molecule has 5 nitrogen and oxygen atoms in total. The van der Waals surface area contributed by atoms with E-state index in [1.54, 1.807) is 11.8 Å². The van der Waals surface area contributed by atoms with Gasteiger partial charge in [0, 0.05) is 39.5 Å². The van der Waals surface area contributed by atoms with Crippen molar-refractivity contribution in [2.24, 2.45) is 0 Å². The van der Waals surface area contributed by atoms with Gasteiger partial charge >= 0.3 is 0 Å². The highest BCUT2D eigenvalue weighted by Crippen LogP contribution is 2.07. The highest BCUT2D eigenvalue weighted by molar-refractivity contribution is 5.77. The zero-order valence-corrected chi connectivity index (χ0v) is 12.5. The first-order valence-corrected chi connectivity index (χ1v) is 7.18. The number of piperazine rings is 1. The van der Waals surface area contributed by atoms with Gasteiger partial charge in [-0.15, -0.1) is 0 Å². The van der Waals surface area contributed by atoms with Crippen molar-refractivity contribution in [2.75, 3.05) is 46.8 Å². The van der Waals surface area contributed by atoms with E-state index in [2.05, 4.69) is 19.0 Å². The molecule has 2 amide bonds. The average molecular weight is 269 g/mol. The molecular formula is C14H27N3O2. The van der Waals surface area contributed by atoms with E-state index in [-0.39, 0.29) is 11.8 Å². The van der Waals surface area contributed by atoms with Crippen LogP contribution < -0.4 is 0 Å². The van der Waals surface area contributed by atoms with Crippen LogP contribution in [-0.2, 0) is 9.59 Å². The van der Waals surface area contributed by atoms with Crippen molar-refractivity contribution in [3.05, 3.63) is 0 Å². The second-order valence-corrected chi connectivity index (χ2v) is 5.50. The maximum Gasteiger partial charge on any atom is 0.222 e. The Balaban J connectivity index is 2.12. The zero-order valence-electron chi connectivity index (χ0n) is 12.5. The van der Waals surface area contributed by atoms with Gasteiger partial charge in [-0.3, -0.25) is 9.59 Å². The molecule has 19 heavy (non-hydrogen) atoms. The van der Waals surface area contributed by atoms with E-state index in [9.17, 15) is 9.59 Å². The summed E-state index contributed by atoms with van der Waals surface area (Å²) >= 11 is 0. The predicted molar refractivity (Wildman–Crippen MR) is 75.9 cm³/mol. The molecule has 5 heteroatoms. The zero-order chi connectivity index (χ0) is 14.3. The highest BCUT2D eigenvalue weighted by Gasteiger charge is 2.21. The summed E-state index contributed by atoms with van der Waals surface area (Å²) in [5.41, 5.74) is 0. The topological polar surface area (TPSA) is 43.9 Å². The summed E-state index contributed by atoms with van der Waals surface area (Å²) in [6.45, 7) is 5.42. The molecule has 0 saturated carbocycles. The minimum Gasteiger partial charge on any atom is -0.339 e. The Labute approximate surface area is 116 Å². The van der Waals surface area contributed by atoms with Crippen LogP contribution in [0.3, 0.4) is 0 Å². The Morgan fingerprint density at radius 3 is 2.05 bits per heavy atom. The van der Waals surface area contributed by atoms with Gasteiger partial charge < -0.3 is 14.7 Å². The van der Waals surface area contributed by atoms with E-state index in [4.69, 9.17) is 0 Å². The van der Waals surface area contributed by atoms with Gasteiger partial charge in [-0.2, -0.15) is 0 Å². The van der Waals surface area contributed by atoms with E-state index < -0.39 is 0 Å². The summed E-state index contributed by atoms with van der Waals surface area (Å²) in [5.74, 6) is 0.351. The lowest BCUT2D eigenvalue weighted by molar-refractivity contribution is -0.138. The second kappa shape index (κ2) is 8.15. The van der Waals surface area contributed by atoms with Crippen molar-refractivity contribution in [3.63, 3.8) is 0 Å². The van der Waals surface area contributed by atoms with Gasteiger partial charge in [0.25, 0.3) is 0 Å². The van der Waals surface area contributed by atoms with Gasteiger partial charge in [0.2, 0.25) is 11.8 Å². The van der Waals surface area contributed by atoms with E-state index >= 15 is 0 Å². The third-order valence-corrected chi connectivity index (χ3v) is 3.57. The first kappa shape index (κ1) is 16.0. The fourth-order valence-corrected chi connectivity index (χ4v) is 2.31. The van der Waals surface area contributed by atoms with Crippen molar-refractivity contribution in [2.45, 2.75) is 32.6 Å². The summed E-state index contributed by atoms with van der Waals surface area (Å²) in [7, 11) is 4.14. The first-order valence-electron chi connectivity index (χ1n) is 7.18. The molecule has 1 heterocycles. The minimum atomic E-state index is 0.107. The fourth-order valence-electron chi connectivity index (χ4n) is 2.31. The maximum absolute atomic E-state index is 12.0. The molecule has 1 saturated heterocycles. The van der Waals surface area contributed by atoms with Gasteiger partial charge in [-0.05, 0) is 33.5 Å². The Hall–Kier alpha value is -1.10. The Morgan fingerprint density at radius 1 is 0.947 bits per heavy atom. The minimum absolute atomic E-state index is 0.107. The standard InChI is InChI=1S/C14H27N3O2/c1-13(18)16-9-11-17(12-10-16)14(19)7-5-4-6-8-15(2)3/h4-12H2,1-3H3. The van der Waals surface area contributed by atoms with Crippen LogP contribution in [0.25, 0.3) is 0 Å². The normalized spacial score (nSPS) is 16.0. The third kappa shape index (κ3) is 6.05. The number of unbranched alkanes of at least 4 members (excludes halogenated alkanes) is 2. The third-order valence-electron chi connectivity index (χ3n) is 3.57. The number of amides is 2. The molecule has 1 fully saturated rings. The molecule has 0 spiro atoms. The lowest BCUT2D eigenvalue weighted by atomic mass is 10.1. The van der Waals surface area contributed by atoms with E-state index in [0.717, 1.165) is 25.8 Å². The lowest BCUT2D eigenvalue weighted by Crippen LogP contribution is -2.50. The quantitative estimate of drug-likeness (QED) is 0.670. The van der Waals surface area contributed by atoms with Crippen LogP contribution in [0.15, 0.2) is 0 Å². The van der Waals surface area contributed by atoms with Gasteiger partial charge in [0.1, 0.15) is 0 Å². The van der Waals surface area contributed by atoms with E-state index in [0.29, 0.717) is 32.6 Å². The van der Waals surface area contributed by atoms with Crippen LogP contribution in [-0.4, -0.2) is 73.3 Å². The number of rotatable bonds is 6. The molecule has 0 unspecified atom stereocenters. The summed E-state index contributed by atoms with van der Waals surface area (Å²) < 4.78 is 0. The molecule has 0 bridgehead atoms. The number of hydrogen-bond donors (Lipinski definition) is 0. The molecule has 1 aliphatic rings. The lowest BCUT2D eigenvalue weighted by Gasteiger charge is -2.34. The summed E-state index contributed by atoms with van der Waals surface area (Å²) in [5, 5.41) is 0. The van der Waals surface area contributed by atoms with Crippen LogP contribution in [0, 0.1) is 0 Å². The molecule has 0 N–H and O–H groups in total.